The fourth-order valence-electron chi connectivity index (χ4n) is 6.50. The van der Waals surface area contributed by atoms with Gasteiger partial charge in [-0.25, -0.2) is 4.39 Å². The summed E-state index contributed by atoms with van der Waals surface area (Å²) in [4.78, 5) is 0. The fraction of sp³-hybridized carbons (Fsp3) is 0.588. The number of benzene rings is 2. The highest BCUT2D eigenvalue weighted by molar-refractivity contribution is 5.28. The van der Waals surface area contributed by atoms with Gasteiger partial charge in [-0.3, -0.25) is 0 Å². The van der Waals surface area contributed by atoms with Crippen LogP contribution in [0.5, 0.6) is 0 Å². The van der Waals surface area contributed by atoms with Gasteiger partial charge in [0.2, 0.25) is 0 Å². The molecule has 2 fully saturated rings. The molecular formula is C34H45F3O. The predicted molar refractivity (Wildman–Crippen MR) is 150 cm³/mol. The minimum Gasteiger partial charge on any atom is -0.315 e. The number of hydrogen-bond acceptors (Lipinski definition) is 1. The third kappa shape index (κ3) is 8.21. The standard InChI is InChI=1S/C34H45F3O/c1-3-5-6-7-26-10-16-30(17-11-26)31-20-21-32(33(35)22-31)24-38-34(36,37)23-27-12-18-29(19-13-27)28-14-8-25(4-2)9-15-28/h3,5,12-13,18-22,25-26,28,30H,4,6-11,14-17,23-24H2,1-2H3/b5-3+. The molecule has 0 saturated heterocycles. The Morgan fingerprint density at radius 1 is 0.842 bits per heavy atom. The van der Waals surface area contributed by atoms with Gasteiger partial charge in [-0.1, -0.05) is 61.9 Å². The summed E-state index contributed by atoms with van der Waals surface area (Å²) in [5, 5.41) is 0. The average Bonchev–Trinajstić information content (AvgIpc) is 2.93. The largest absolute Gasteiger partial charge is 0.360 e. The normalized spacial score (nSPS) is 24.7. The zero-order valence-corrected chi connectivity index (χ0v) is 23.2. The van der Waals surface area contributed by atoms with Crippen LogP contribution < -0.4 is 0 Å². The van der Waals surface area contributed by atoms with Crippen LogP contribution in [-0.4, -0.2) is 6.11 Å². The highest BCUT2D eigenvalue weighted by Gasteiger charge is 2.31. The molecule has 2 aromatic carbocycles. The Morgan fingerprint density at radius 3 is 2.05 bits per heavy atom. The molecule has 2 saturated carbocycles. The number of alkyl halides is 2. The van der Waals surface area contributed by atoms with E-state index in [1.807, 2.05) is 18.2 Å². The summed E-state index contributed by atoms with van der Waals surface area (Å²) < 4.78 is 49.0. The number of halogens is 3. The van der Waals surface area contributed by atoms with Crippen molar-refractivity contribution in [2.75, 3.05) is 0 Å². The molecule has 2 aromatic rings. The van der Waals surface area contributed by atoms with Crippen LogP contribution >= 0.6 is 0 Å². The van der Waals surface area contributed by atoms with E-state index in [1.54, 1.807) is 18.2 Å². The van der Waals surface area contributed by atoms with Crippen LogP contribution in [0.4, 0.5) is 13.2 Å². The van der Waals surface area contributed by atoms with Crippen LogP contribution in [0.25, 0.3) is 0 Å². The second-order valence-electron chi connectivity index (χ2n) is 11.7. The molecule has 0 atom stereocenters. The molecule has 0 spiro atoms. The van der Waals surface area contributed by atoms with Gasteiger partial charge in [0, 0.05) is 5.56 Å². The summed E-state index contributed by atoms with van der Waals surface area (Å²) in [6, 6.07) is 12.6. The van der Waals surface area contributed by atoms with Crippen LogP contribution in [0, 0.1) is 17.7 Å². The Balaban J connectivity index is 1.25. The molecule has 0 heterocycles. The Labute approximate surface area is 227 Å². The molecule has 0 unspecified atom stereocenters. The van der Waals surface area contributed by atoms with Gasteiger partial charge in [0.1, 0.15) is 5.82 Å². The maximum absolute atomic E-state index is 14.8. The lowest BCUT2D eigenvalue weighted by atomic mass is 9.77. The second kappa shape index (κ2) is 13.8. The molecule has 0 aromatic heterocycles. The molecule has 0 bridgehead atoms. The highest BCUT2D eigenvalue weighted by Crippen LogP contribution is 2.39. The third-order valence-corrected chi connectivity index (χ3v) is 9.10. The van der Waals surface area contributed by atoms with Gasteiger partial charge in [0.15, 0.2) is 0 Å². The van der Waals surface area contributed by atoms with Crippen LogP contribution in [-0.2, 0) is 17.8 Å². The zero-order valence-electron chi connectivity index (χ0n) is 23.2. The summed E-state index contributed by atoms with van der Waals surface area (Å²) in [5.41, 5.74) is 2.95. The minimum absolute atomic E-state index is 0.187. The van der Waals surface area contributed by atoms with E-state index in [4.69, 9.17) is 4.74 Å². The van der Waals surface area contributed by atoms with E-state index in [2.05, 4.69) is 26.0 Å². The number of allylic oxidation sites excluding steroid dienone is 2. The molecule has 2 aliphatic carbocycles. The second-order valence-corrected chi connectivity index (χ2v) is 11.7. The van der Waals surface area contributed by atoms with E-state index in [0.29, 0.717) is 17.4 Å². The first-order chi connectivity index (χ1) is 18.4. The lowest BCUT2D eigenvalue weighted by Gasteiger charge is -2.29. The van der Waals surface area contributed by atoms with Gasteiger partial charge in [0.05, 0.1) is 13.0 Å². The van der Waals surface area contributed by atoms with Gasteiger partial charge in [0.25, 0.3) is 0 Å². The van der Waals surface area contributed by atoms with Crippen molar-refractivity contribution < 1.29 is 17.9 Å². The van der Waals surface area contributed by atoms with Crippen molar-refractivity contribution >= 4 is 0 Å². The first-order valence-corrected chi connectivity index (χ1v) is 14.9. The van der Waals surface area contributed by atoms with E-state index in [-0.39, 0.29) is 5.56 Å². The summed E-state index contributed by atoms with van der Waals surface area (Å²) >= 11 is 0. The van der Waals surface area contributed by atoms with Crippen molar-refractivity contribution in [1.82, 2.24) is 0 Å². The molecule has 0 aliphatic heterocycles. The molecule has 1 nitrogen and oxygen atoms in total. The van der Waals surface area contributed by atoms with Crippen molar-refractivity contribution in [1.29, 1.82) is 0 Å². The van der Waals surface area contributed by atoms with E-state index in [1.165, 1.54) is 63.0 Å². The summed E-state index contributed by atoms with van der Waals surface area (Å²) in [6.07, 6.45) is 13.4. The molecule has 4 heteroatoms. The maximum Gasteiger partial charge on any atom is 0.360 e. The van der Waals surface area contributed by atoms with Gasteiger partial charge in [-0.05, 0) is 118 Å². The van der Waals surface area contributed by atoms with Gasteiger partial charge in [-0.2, -0.15) is 8.78 Å². The van der Waals surface area contributed by atoms with E-state index in [0.717, 1.165) is 36.7 Å². The number of rotatable bonds is 11. The number of hydrogen-bond donors (Lipinski definition) is 0. The van der Waals surface area contributed by atoms with Crippen molar-refractivity contribution in [3.63, 3.8) is 0 Å². The fourth-order valence-corrected chi connectivity index (χ4v) is 6.50. The van der Waals surface area contributed by atoms with Crippen LogP contribution in [0.2, 0.25) is 0 Å². The molecular weight excluding hydrogens is 481 g/mol. The van der Waals surface area contributed by atoms with Gasteiger partial charge >= 0.3 is 6.11 Å². The van der Waals surface area contributed by atoms with Crippen LogP contribution in [0.15, 0.2) is 54.6 Å². The molecule has 38 heavy (non-hydrogen) atoms. The van der Waals surface area contributed by atoms with Crippen LogP contribution in [0.3, 0.4) is 0 Å². The molecule has 4 rings (SSSR count). The zero-order chi connectivity index (χ0) is 27.0. The lowest BCUT2D eigenvalue weighted by Crippen LogP contribution is -2.24. The molecule has 208 valence electrons. The molecule has 0 radical (unpaired) electrons. The first kappa shape index (κ1) is 28.9. The SMILES string of the molecule is C/C=C/CCC1CCC(c2ccc(COC(F)(F)Cc3ccc(C4CCC(CC)CC4)cc3)c(F)c2)CC1. The van der Waals surface area contributed by atoms with E-state index in [9.17, 15) is 13.2 Å². The smallest absolute Gasteiger partial charge is 0.315 e. The van der Waals surface area contributed by atoms with Crippen molar-refractivity contribution in [2.24, 2.45) is 11.8 Å². The quantitative estimate of drug-likeness (QED) is 0.265. The first-order valence-electron chi connectivity index (χ1n) is 14.9. The van der Waals surface area contributed by atoms with Crippen molar-refractivity contribution in [3.05, 3.63) is 82.7 Å². The van der Waals surface area contributed by atoms with E-state index >= 15 is 0 Å². The predicted octanol–water partition coefficient (Wildman–Crippen LogP) is 10.5. The number of ether oxygens (including phenoxy) is 1. The maximum atomic E-state index is 14.8. The van der Waals surface area contributed by atoms with Crippen molar-refractivity contribution in [3.8, 4) is 0 Å². The van der Waals surface area contributed by atoms with Crippen LogP contribution in [0.1, 0.15) is 119 Å². The van der Waals surface area contributed by atoms with E-state index < -0.39 is 25.0 Å². The summed E-state index contributed by atoms with van der Waals surface area (Å²) in [6.45, 7) is 3.87. The Kier molecular flexibility index (Phi) is 10.5. The monoisotopic (exact) mass is 526 g/mol. The Morgan fingerprint density at radius 2 is 1.45 bits per heavy atom. The molecule has 0 N–H and O–H groups in total. The summed E-state index contributed by atoms with van der Waals surface area (Å²) in [7, 11) is 0. The molecule has 2 aliphatic rings. The van der Waals surface area contributed by atoms with Gasteiger partial charge in [-0.15, -0.1) is 0 Å². The highest BCUT2D eigenvalue weighted by atomic mass is 19.3. The third-order valence-electron chi connectivity index (χ3n) is 9.10. The van der Waals surface area contributed by atoms with Crippen molar-refractivity contribution in [2.45, 2.75) is 115 Å². The Bertz CT molecular complexity index is 1010. The molecule has 0 amide bonds. The topological polar surface area (TPSA) is 9.23 Å². The van der Waals surface area contributed by atoms with Gasteiger partial charge < -0.3 is 4.74 Å². The minimum atomic E-state index is -3.35. The Hall–Kier alpha value is -2.07. The summed E-state index contributed by atoms with van der Waals surface area (Å²) in [5.74, 6) is 2.02. The average molecular weight is 527 g/mol. The lowest BCUT2D eigenvalue weighted by molar-refractivity contribution is -0.244.